The van der Waals surface area contributed by atoms with Gasteiger partial charge < -0.3 is 5.73 Å². The lowest BCUT2D eigenvalue weighted by atomic mass is 9.89. The Labute approximate surface area is 93.8 Å². The summed E-state index contributed by atoms with van der Waals surface area (Å²) in [5.41, 5.74) is 8.88. The SMILES string of the molecule is Cc1ccc(C2(N)CCCC2)cc1Br. The third kappa shape index (κ3) is 1.73. The Balaban J connectivity index is 2.36. The van der Waals surface area contributed by atoms with Crippen molar-refractivity contribution in [3.8, 4) is 0 Å². The predicted octanol–water partition coefficient (Wildman–Crippen LogP) is 3.49. The molecule has 1 aliphatic rings. The van der Waals surface area contributed by atoms with Gasteiger partial charge in [0, 0.05) is 10.0 Å². The van der Waals surface area contributed by atoms with Gasteiger partial charge in [0.25, 0.3) is 0 Å². The van der Waals surface area contributed by atoms with E-state index in [1.165, 1.54) is 28.4 Å². The molecule has 0 aromatic heterocycles. The predicted molar refractivity (Wildman–Crippen MR) is 63.2 cm³/mol. The van der Waals surface area contributed by atoms with Crippen molar-refractivity contribution in [3.05, 3.63) is 33.8 Å². The molecule has 1 aliphatic carbocycles. The monoisotopic (exact) mass is 253 g/mol. The van der Waals surface area contributed by atoms with E-state index in [1.54, 1.807) is 0 Å². The number of nitrogens with two attached hydrogens (primary N) is 1. The van der Waals surface area contributed by atoms with Gasteiger partial charge >= 0.3 is 0 Å². The fourth-order valence-electron chi connectivity index (χ4n) is 2.20. The van der Waals surface area contributed by atoms with Crippen LogP contribution in [0.5, 0.6) is 0 Å². The summed E-state index contributed by atoms with van der Waals surface area (Å²) >= 11 is 3.56. The first-order valence-corrected chi connectivity index (χ1v) is 5.97. The van der Waals surface area contributed by atoms with Crippen LogP contribution in [0.2, 0.25) is 0 Å². The van der Waals surface area contributed by atoms with E-state index in [1.807, 2.05) is 0 Å². The van der Waals surface area contributed by atoms with Crippen LogP contribution in [0.3, 0.4) is 0 Å². The van der Waals surface area contributed by atoms with Gasteiger partial charge in [-0.15, -0.1) is 0 Å². The van der Waals surface area contributed by atoms with Crippen LogP contribution >= 0.6 is 15.9 Å². The molecule has 0 bridgehead atoms. The van der Waals surface area contributed by atoms with Gasteiger partial charge in [-0.1, -0.05) is 40.9 Å². The fraction of sp³-hybridized carbons (Fsp3) is 0.500. The van der Waals surface area contributed by atoms with Gasteiger partial charge in [-0.2, -0.15) is 0 Å². The minimum absolute atomic E-state index is 0.0593. The van der Waals surface area contributed by atoms with E-state index in [4.69, 9.17) is 5.73 Å². The van der Waals surface area contributed by atoms with Gasteiger partial charge in [-0.05, 0) is 37.0 Å². The van der Waals surface area contributed by atoms with Crippen molar-refractivity contribution in [2.45, 2.75) is 38.1 Å². The van der Waals surface area contributed by atoms with Crippen LogP contribution in [0.4, 0.5) is 0 Å². The summed E-state index contributed by atoms with van der Waals surface area (Å²) in [4.78, 5) is 0. The van der Waals surface area contributed by atoms with Crippen LogP contribution in [-0.4, -0.2) is 0 Å². The van der Waals surface area contributed by atoms with Crippen molar-refractivity contribution in [1.29, 1.82) is 0 Å². The first kappa shape index (κ1) is 10.2. The molecule has 2 rings (SSSR count). The quantitative estimate of drug-likeness (QED) is 0.815. The number of halogens is 1. The Bertz CT molecular complexity index is 340. The van der Waals surface area contributed by atoms with Crippen molar-refractivity contribution < 1.29 is 0 Å². The summed E-state index contributed by atoms with van der Waals surface area (Å²) in [6, 6.07) is 6.50. The van der Waals surface area contributed by atoms with Gasteiger partial charge in [0.15, 0.2) is 0 Å². The summed E-state index contributed by atoms with van der Waals surface area (Å²) in [6.07, 6.45) is 4.79. The molecular formula is C12H16BrN. The second kappa shape index (κ2) is 3.67. The first-order chi connectivity index (χ1) is 6.62. The minimum atomic E-state index is -0.0593. The zero-order valence-corrected chi connectivity index (χ0v) is 10.1. The highest BCUT2D eigenvalue weighted by atomic mass is 79.9. The Morgan fingerprint density at radius 2 is 1.93 bits per heavy atom. The van der Waals surface area contributed by atoms with Gasteiger partial charge in [0.05, 0.1) is 0 Å². The molecule has 2 N–H and O–H groups in total. The molecule has 2 heteroatoms. The maximum atomic E-state index is 6.38. The van der Waals surface area contributed by atoms with Gasteiger partial charge in [-0.25, -0.2) is 0 Å². The maximum absolute atomic E-state index is 6.38. The molecule has 0 radical (unpaired) electrons. The molecule has 1 saturated carbocycles. The summed E-state index contributed by atoms with van der Waals surface area (Å²) in [6.45, 7) is 2.10. The van der Waals surface area contributed by atoms with Crippen molar-refractivity contribution in [2.24, 2.45) is 5.73 Å². The molecule has 0 saturated heterocycles. The maximum Gasteiger partial charge on any atom is 0.0410 e. The second-order valence-corrected chi connectivity index (χ2v) is 5.18. The lowest BCUT2D eigenvalue weighted by molar-refractivity contribution is 0.461. The molecule has 1 nitrogen and oxygen atoms in total. The van der Waals surface area contributed by atoms with E-state index in [-0.39, 0.29) is 5.54 Å². The van der Waals surface area contributed by atoms with Crippen LogP contribution in [0.15, 0.2) is 22.7 Å². The summed E-state index contributed by atoms with van der Waals surface area (Å²) in [5.74, 6) is 0. The first-order valence-electron chi connectivity index (χ1n) is 5.17. The van der Waals surface area contributed by atoms with Gasteiger partial charge in [0.1, 0.15) is 0 Å². The molecule has 0 spiro atoms. The van der Waals surface area contributed by atoms with E-state index in [2.05, 4.69) is 41.1 Å². The van der Waals surface area contributed by atoms with Crippen LogP contribution < -0.4 is 5.73 Å². The number of hydrogen-bond acceptors (Lipinski definition) is 1. The normalized spacial score (nSPS) is 19.9. The third-order valence-electron chi connectivity index (χ3n) is 3.24. The smallest absolute Gasteiger partial charge is 0.0410 e. The molecule has 1 aromatic carbocycles. The van der Waals surface area contributed by atoms with Gasteiger partial charge in [-0.3, -0.25) is 0 Å². The molecule has 1 fully saturated rings. The lowest BCUT2D eigenvalue weighted by Crippen LogP contribution is -2.33. The van der Waals surface area contributed by atoms with E-state index >= 15 is 0 Å². The molecule has 1 aromatic rings. The second-order valence-electron chi connectivity index (χ2n) is 4.33. The van der Waals surface area contributed by atoms with Crippen molar-refractivity contribution in [2.75, 3.05) is 0 Å². The van der Waals surface area contributed by atoms with Crippen LogP contribution in [0.1, 0.15) is 36.8 Å². The largest absolute Gasteiger partial charge is 0.321 e. The molecule has 0 aliphatic heterocycles. The van der Waals surface area contributed by atoms with E-state index < -0.39 is 0 Å². The van der Waals surface area contributed by atoms with Crippen molar-refractivity contribution >= 4 is 15.9 Å². The third-order valence-corrected chi connectivity index (χ3v) is 4.10. The van der Waals surface area contributed by atoms with Crippen LogP contribution in [-0.2, 0) is 5.54 Å². The molecule has 0 amide bonds. The van der Waals surface area contributed by atoms with Crippen molar-refractivity contribution in [1.82, 2.24) is 0 Å². The highest BCUT2D eigenvalue weighted by molar-refractivity contribution is 9.10. The molecule has 76 valence electrons. The molecular weight excluding hydrogens is 238 g/mol. The molecule has 14 heavy (non-hydrogen) atoms. The van der Waals surface area contributed by atoms with E-state index in [9.17, 15) is 0 Å². The molecule has 0 atom stereocenters. The zero-order valence-electron chi connectivity index (χ0n) is 8.52. The number of aryl methyl sites for hydroxylation is 1. The average Bonchev–Trinajstić information content (AvgIpc) is 2.58. The number of hydrogen-bond donors (Lipinski definition) is 1. The van der Waals surface area contributed by atoms with E-state index in [0.29, 0.717) is 0 Å². The van der Waals surface area contributed by atoms with Gasteiger partial charge in [0.2, 0.25) is 0 Å². The summed E-state index contributed by atoms with van der Waals surface area (Å²) < 4.78 is 1.17. The zero-order chi connectivity index (χ0) is 10.2. The standard InChI is InChI=1S/C12H16BrN/c1-9-4-5-10(8-11(9)13)12(14)6-2-3-7-12/h4-5,8H,2-3,6-7,14H2,1H3. The Morgan fingerprint density at radius 3 is 2.50 bits per heavy atom. The summed E-state index contributed by atoms with van der Waals surface area (Å²) in [7, 11) is 0. The minimum Gasteiger partial charge on any atom is -0.321 e. The van der Waals surface area contributed by atoms with E-state index in [0.717, 1.165) is 12.8 Å². The Kier molecular flexibility index (Phi) is 2.67. The number of benzene rings is 1. The van der Waals surface area contributed by atoms with Crippen LogP contribution in [0.25, 0.3) is 0 Å². The fourth-order valence-corrected chi connectivity index (χ4v) is 2.58. The number of rotatable bonds is 1. The van der Waals surface area contributed by atoms with Crippen LogP contribution in [0, 0.1) is 6.92 Å². The molecule has 0 heterocycles. The highest BCUT2D eigenvalue weighted by Gasteiger charge is 2.31. The Morgan fingerprint density at radius 1 is 1.29 bits per heavy atom. The summed E-state index contributed by atoms with van der Waals surface area (Å²) in [5, 5.41) is 0. The lowest BCUT2D eigenvalue weighted by Gasteiger charge is -2.24. The van der Waals surface area contributed by atoms with Crippen molar-refractivity contribution in [3.63, 3.8) is 0 Å². The average molecular weight is 254 g/mol. The Hall–Kier alpha value is -0.340. The highest BCUT2D eigenvalue weighted by Crippen LogP contribution is 2.37. The molecule has 0 unspecified atom stereocenters. The topological polar surface area (TPSA) is 26.0 Å².